The molecule has 2 rings (SSSR count). The van der Waals surface area contributed by atoms with Crippen molar-refractivity contribution < 1.29 is 5.11 Å². The van der Waals surface area contributed by atoms with Crippen molar-refractivity contribution in [2.24, 2.45) is 0 Å². The van der Waals surface area contributed by atoms with Crippen molar-refractivity contribution in [1.82, 2.24) is 9.66 Å². The molecular formula is C10H11N3O. The molecule has 4 heteroatoms. The van der Waals surface area contributed by atoms with Gasteiger partial charge in [0.05, 0.1) is 12.7 Å². The molecule has 0 aliphatic rings. The summed E-state index contributed by atoms with van der Waals surface area (Å²) in [4.78, 5) is 3.68. The molecule has 0 fully saturated rings. The lowest BCUT2D eigenvalue weighted by atomic mass is 10.2. The van der Waals surface area contributed by atoms with Crippen molar-refractivity contribution in [3.63, 3.8) is 0 Å². The third-order valence-electron chi connectivity index (χ3n) is 1.88. The standard InChI is InChI=1S/C10H11N3O/c14-10-7-13(8-11-10)12-6-9-4-2-1-3-5-9/h1-5,7-8,12,14H,6H2. The van der Waals surface area contributed by atoms with E-state index in [2.05, 4.69) is 10.4 Å². The van der Waals surface area contributed by atoms with Crippen molar-refractivity contribution in [1.29, 1.82) is 0 Å². The van der Waals surface area contributed by atoms with Crippen molar-refractivity contribution in [2.75, 3.05) is 5.43 Å². The van der Waals surface area contributed by atoms with Crippen LogP contribution in [-0.4, -0.2) is 14.8 Å². The first-order valence-corrected chi connectivity index (χ1v) is 4.35. The van der Waals surface area contributed by atoms with E-state index in [4.69, 9.17) is 5.11 Å². The molecule has 0 aliphatic heterocycles. The Bertz CT molecular complexity index is 397. The number of nitrogens with one attached hydrogen (secondary N) is 1. The molecule has 0 radical (unpaired) electrons. The molecule has 0 saturated carbocycles. The first kappa shape index (κ1) is 8.62. The van der Waals surface area contributed by atoms with Gasteiger partial charge in [0.25, 0.3) is 0 Å². The Kier molecular flexibility index (Phi) is 2.36. The third-order valence-corrected chi connectivity index (χ3v) is 1.88. The van der Waals surface area contributed by atoms with Crippen LogP contribution >= 0.6 is 0 Å². The van der Waals surface area contributed by atoms with Gasteiger partial charge in [-0.05, 0) is 5.56 Å². The fraction of sp³-hybridized carbons (Fsp3) is 0.100. The zero-order valence-corrected chi connectivity index (χ0v) is 7.59. The topological polar surface area (TPSA) is 50.1 Å². The van der Waals surface area contributed by atoms with Crippen LogP contribution in [0.3, 0.4) is 0 Å². The lowest BCUT2D eigenvalue weighted by Crippen LogP contribution is -2.11. The van der Waals surface area contributed by atoms with Gasteiger partial charge < -0.3 is 10.5 Å². The van der Waals surface area contributed by atoms with Gasteiger partial charge in [0.1, 0.15) is 6.33 Å². The van der Waals surface area contributed by atoms with Crippen molar-refractivity contribution >= 4 is 0 Å². The quantitative estimate of drug-likeness (QED) is 0.765. The first-order chi connectivity index (χ1) is 6.84. The number of aromatic hydroxyl groups is 1. The zero-order chi connectivity index (χ0) is 9.80. The number of imidazole rings is 1. The number of rotatable bonds is 3. The number of hydrogen-bond acceptors (Lipinski definition) is 3. The minimum atomic E-state index is 0.0190. The van der Waals surface area contributed by atoms with Gasteiger partial charge in [-0.3, -0.25) is 4.68 Å². The first-order valence-electron chi connectivity index (χ1n) is 4.35. The van der Waals surface area contributed by atoms with Crippen molar-refractivity contribution in [3.8, 4) is 5.88 Å². The van der Waals surface area contributed by atoms with E-state index in [1.165, 1.54) is 18.1 Å². The number of nitrogens with zero attached hydrogens (tertiary/aromatic N) is 2. The van der Waals surface area contributed by atoms with Crippen molar-refractivity contribution in [3.05, 3.63) is 48.4 Å². The molecule has 0 atom stereocenters. The van der Waals surface area contributed by atoms with Crippen LogP contribution in [0.4, 0.5) is 0 Å². The van der Waals surface area contributed by atoms with Gasteiger partial charge in [0.15, 0.2) is 0 Å². The highest BCUT2D eigenvalue weighted by Crippen LogP contribution is 2.02. The second kappa shape index (κ2) is 3.83. The lowest BCUT2D eigenvalue weighted by molar-refractivity contribution is 0.456. The van der Waals surface area contributed by atoms with E-state index in [0.29, 0.717) is 6.54 Å². The van der Waals surface area contributed by atoms with Gasteiger partial charge in [0.2, 0.25) is 5.88 Å². The van der Waals surface area contributed by atoms with E-state index in [9.17, 15) is 0 Å². The van der Waals surface area contributed by atoms with Crippen LogP contribution < -0.4 is 5.43 Å². The zero-order valence-electron chi connectivity index (χ0n) is 7.59. The summed E-state index contributed by atoms with van der Waals surface area (Å²) < 4.78 is 1.63. The number of benzene rings is 1. The van der Waals surface area contributed by atoms with Gasteiger partial charge in [-0.2, -0.15) is 0 Å². The maximum atomic E-state index is 8.98. The second-order valence-electron chi connectivity index (χ2n) is 2.96. The summed E-state index contributed by atoms with van der Waals surface area (Å²) in [6.07, 6.45) is 3.04. The van der Waals surface area contributed by atoms with E-state index in [-0.39, 0.29) is 5.88 Å². The number of aromatic nitrogens is 2. The van der Waals surface area contributed by atoms with Crippen LogP contribution in [0.5, 0.6) is 5.88 Å². The highest BCUT2D eigenvalue weighted by molar-refractivity contribution is 5.16. The predicted molar refractivity (Wildman–Crippen MR) is 53.4 cm³/mol. The van der Waals surface area contributed by atoms with Crippen LogP contribution in [0.15, 0.2) is 42.9 Å². The molecule has 2 N–H and O–H groups in total. The van der Waals surface area contributed by atoms with Crippen molar-refractivity contribution in [2.45, 2.75) is 6.54 Å². The molecule has 0 bridgehead atoms. The van der Waals surface area contributed by atoms with Gasteiger partial charge >= 0.3 is 0 Å². The molecule has 0 unspecified atom stereocenters. The average Bonchev–Trinajstić information content (AvgIpc) is 2.63. The van der Waals surface area contributed by atoms with Gasteiger partial charge in [-0.1, -0.05) is 30.3 Å². The molecule has 1 heterocycles. The smallest absolute Gasteiger partial charge is 0.231 e. The molecule has 2 aromatic rings. The van der Waals surface area contributed by atoms with Gasteiger partial charge in [-0.25, -0.2) is 4.98 Å². The summed E-state index contributed by atoms with van der Waals surface area (Å²) in [5.74, 6) is 0.0190. The van der Waals surface area contributed by atoms with E-state index >= 15 is 0 Å². The summed E-state index contributed by atoms with van der Waals surface area (Å²) in [6.45, 7) is 0.705. The highest BCUT2D eigenvalue weighted by atomic mass is 16.3. The summed E-state index contributed by atoms with van der Waals surface area (Å²) in [5.41, 5.74) is 4.26. The Hall–Kier alpha value is -1.97. The minimum Gasteiger partial charge on any atom is -0.492 e. The second-order valence-corrected chi connectivity index (χ2v) is 2.96. The molecule has 0 spiro atoms. The Morgan fingerprint density at radius 3 is 2.71 bits per heavy atom. The highest BCUT2D eigenvalue weighted by Gasteiger charge is 1.94. The molecule has 72 valence electrons. The minimum absolute atomic E-state index is 0.0190. The van der Waals surface area contributed by atoms with Crippen LogP contribution in [0.1, 0.15) is 5.56 Å². The SMILES string of the molecule is Oc1cn(NCc2ccccc2)cn1. The van der Waals surface area contributed by atoms with Gasteiger partial charge in [-0.15, -0.1) is 0 Å². The monoisotopic (exact) mass is 189 g/mol. The van der Waals surface area contributed by atoms with E-state index in [1.54, 1.807) is 4.68 Å². The average molecular weight is 189 g/mol. The summed E-state index contributed by atoms with van der Waals surface area (Å²) in [6, 6.07) is 10.0. The maximum Gasteiger partial charge on any atom is 0.231 e. The Balaban J connectivity index is 1.95. The Morgan fingerprint density at radius 1 is 1.29 bits per heavy atom. The number of hydrogen-bond donors (Lipinski definition) is 2. The molecule has 1 aromatic heterocycles. The van der Waals surface area contributed by atoms with Crippen LogP contribution in [0.2, 0.25) is 0 Å². The summed E-state index contributed by atoms with van der Waals surface area (Å²) >= 11 is 0. The van der Waals surface area contributed by atoms with E-state index < -0.39 is 0 Å². The molecule has 0 amide bonds. The largest absolute Gasteiger partial charge is 0.492 e. The molecular weight excluding hydrogens is 178 g/mol. The van der Waals surface area contributed by atoms with Gasteiger partial charge in [0, 0.05) is 0 Å². The molecule has 14 heavy (non-hydrogen) atoms. The molecule has 1 aromatic carbocycles. The van der Waals surface area contributed by atoms with Crippen LogP contribution in [0, 0.1) is 0 Å². The molecule has 0 saturated heterocycles. The lowest BCUT2D eigenvalue weighted by Gasteiger charge is -2.05. The van der Waals surface area contributed by atoms with Crippen LogP contribution in [0.25, 0.3) is 0 Å². The molecule has 0 aliphatic carbocycles. The van der Waals surface area contributed by atoms with E-state index in [1.807, 2.05) is 30.3 Å². The third kappa shape index (κ3) is 2.04. The molecule has 4 nitrogen and oxygen atoms in total. The maximum absolute atomic E-state index is 8.98. The fourth-order valence-electron chi connectivity index (χ4n) is 1.18. The Labute approximate surface area is 81.8 Å². The summed E-state index contributed by atoms with van der Waals surface area (Å²) in [5, 5.41) is 8.98. The Morgan fingerprint density at radius 2 is 2.07 bits per heavy atom. The predicted octanol–water partition coefficient (Wildman–Crippen LogP) is 1.33. The normalized spacial score (nSPS) is 10.0. The van der Waals surface area contributed by atoms with E-state index in [0.717, 1.165) is 0 Å². The fourth-order valence-corrected chi connectivity index (χ4v) is 1.18. The van der Waals surface area contributed by atoms with Crippen LogP contribution in [-0.2, 0) is 6.54 Å². The summed E-state index contributed by atoms with van der Waals surface area (Å²) in [7, 11) is 0.